The Labute approximate surface area is 148 Å². The van der Waals surface area contributed by atoms with E-state index in [9.17, 15) is 18.0 Å². The predicted octanol–water partition coefficient (Wildman–Crippen LogP) is 0.424. The number of carbonyl (C=O) groups excluding carboxylic acids is 2. The van der Waals surface area contributed by atoms with Crippen LogP contribution in [-0.4, -0.2) is 76.0 Å². The minimum Gasteiger partial charge on any atom is -0.454 e. The van der Waals surface area contributed by atoms with Crippen LogP contribution in [-0.2, 0) is 29.1 Å². The Bertz CT molecular complexity index is 697. The highest BCUT2D eigenvalue weighted by Crippen LogP contribution is 2.28. The van der Waals surface area contributed by atoms with Crippen molar-refractivity contribution in [1.29, 1.82) is 0 Å². The van der Waals surface area contributed by atoms with Gasteiger partial charge >= 0.3 is 5.97 Å². The number of esters is 1. The summed E-state index contributed by atoms with van der Waals surface area (Å²) < 4.78 is 36.2. The molecule has 1 fully saturated rings. The Hall–Kier alpha value is -1.20. The van der Waals surface area contributed by atoms with E-state index < -0.39 is 16.0 Å². The number of hydrogen-bond acceptors (Lipinski definition) is 7. The lowest BCUT2D eigenvalue weighted by atomic mass is 10.3. The zero-order chi connectivity index (χ0) is 17.7. The summed E-state index contributed by atoms with van der Waals surface area (Å²) in [5, 5.41) is 0. The lowest BCUT2D eigenvalue weighted by Gasteiger charge is -2.33. The van der Waals surface area contributed by atoms with Crippen LogP contribution in [0.5, 0.6) is 0 Å². The molecule has 134 valence electrons. The number of hydrogen-bond donors (Lipinski definition) is 0. The Balaban J connectivity index is 1.87. The minimum atomic E-state index is -3.60. The van der Waals surface area contributed by atoms with Gasteiger partial charge in [-0.25, -0.2) is 13.2 Å². The van der Waals surface area contributed by atoms with Crippen LogP contribution in [0.1, 0.15) is 0 Å². The molecule has 1 aromatic heterocycles. The zero-order valence-corrected chi connectivity index (χ0v) is 15.3. The maximum absolute atomic E-state index is 12.5. The second kappa shape index (κ2) is 8.26. The summed E-state index contributed by atoms with van der Waals surface area (Å²) in [7, 11) is -2.25. The smallest absolute Gasteiger partial charge is 0.332 e. The van der Waals surface area contributed by atoms with E-state index in [1.54, 1.807) is 0 Å². The van der Waals surface area contributed by atoms with Crippen molar-refractivity contribution >= 4 is 44.8 Å². The van der Waals surface area contributed by atoms with Gasteiger partial charge in [0.1, 0.15) is 10.8 Å². The van der Waals surface area contributed by atoms with Gasteiger partial charge in [-0.1, -0.05) is 11.6 Å². The van der Waals surface area contributed by atoms with E-state index in [2.05, 4.69) is 4.74 Å². The van der Waals surface area contributed by atoms with Gasteiger partial charge in [0.2, 0.25) is 0 Å². The van der Waals surface area contributed by atoms with Crippen molar-refractivity contribution in [3.8, 4) is 0 Å². The maximum atomic E-state index is 12.5. The van der Waals surface area contributed by atoms with Crippen LogP contribution in [0.25, 0.3) is 0 Å². The molecule has 1 aliphatic heterocycles. The average Bonchev–Trinajstić information content (AvgIpc) is 3.00. The highest BCUT2D eigenvalue weighted by molar-refractivity contribution is 7.91. The molecule has 0 radical (unpaired) electrons. The molecule has 0 atom stereocenters. The predicted molar refractivity (Wildman–Crippen MR) is 87.5 cm³/mol. The van der Waals surface area contributed by atoms with Gasteiger partial charge in [-0.2, -0.15) is 4.31 Å². The number of carbonyl (C=O) groups is 2. The molecule has 1 aromatic rings. The lowest BCUT2D eigenvalue weighted by Crippen LogP contribution is -2.51. The third kappa shape index (κ3) is 4.67. The van der Waals surface area contributed by atoms with E-state index in [0.29, 0.717) is 4.34 Å². The van der Waals surface area contributed by atoms with Crippen molar-refractivity contribution in [2.24, 2.45) is 0 Å². The number of sulfonamides is 1. The van der Waals surface area contributed by atoms with Gasteiger partial charge in [-0.15, -0.1) is 11.3 Å². The first kappa shape index (κ1) is 19.1. The number of piperazine rings is 1. The standard InChI is InChI=1S/C13H17ClN2O6S2/c1-21-9-12(18)22-8-11(17)15-4-6-16(7-5-15)24(19,20)13-3-2-10(14)23-13/h2-3H,4-9H2,1H3. The van der Waals surface area contributed by atoms with Crippen LogP contribution < -0.4 is 0 Å². The molecule has 24 heavy (non-hydrogen) atoms. The summed E-state index contributed by atoms with van der Waals surface area (Å²) in [5.41, 5.74) is 0. The van der Waals surface area contributed by atoms with E-state index in [-0.39, 0.29) is 49.5 Å². The number of rotatable bonds is 6. The van der Waals surface area contributed by atoms with Gasteiger partial charge in [0.25, 0.3) is 15.9 Å². The number of halogens is 1. The maximum Gasteiger partial charge on any atom is 0.332 e. The molecule has 2 heterocycles. The van der Waals surface area contributed by atoms with Crippen LogP contribution in [0.15, 0.2) is 16.3 Å². The third-order valence-corrected chi connectivity index (χ3v) is 6.95. The highest BCUT2D eigenvalue weighted by Gasteiger charge is 2.31. The largest absolute Gasteiger partial charge is 0.454 e. The van der Waals surface area contributed by atoms with Crippen LogP contribution in [0.4, 0.5) is 0 Å². The zero-order valence-electron chi connectivity index (χ0n) is 12.9. The Morgan fingerprint density at radius 2 is 1.88 bits per heavy atom. The highest BCUT2D eigenvalue weighted by atomic mass is 35.5. The average molecular weight is 397 g/mol. The molecular weight excluding hydrogens is 380 g/mol. The van der Waals surface area contributed by atoms with Gasteiger partial charge in [0.05, 0.1) is 4.34 Å². The summed E-state index contributed by atoms with van der Waals surface area (Å²) in [5.74, 6) is -0.989. The third-order valence-electron chi connectivity index (χ3n) is 3.35. The van der Waals surface area contributed by atoms with E-state index in [1.807, 2.05) is 0 Å². The van der Waals surface area contributed by atoms with Crippen molar-refractivity contribution in [2.45, 2.75) is 4.21 Å². The SMILES string of the molecule is COCC(=O)OCC(=O)N1CCN(S(=O)(=O)c2ccc(Cl)s2)CC1. The van der Waals surface area contributed by atoms with Gasteiger partial charge in [0, 0.05) is 33.3 Å². The quantitative estimate of drug-likeness (QED) is 0.647. The van der Waals surface area contributed by atoms with Crippen LogP contribution >= 0.6 is 22.9 Å². The molecular formula is C13H17ClN2O6S2. The number of amides is 1. The number of nitrogens with zero attached hydrogens (tertiary/aromatic N) is 2. The van der Waals surface area contributed by atoms with Crippen molar-refractivity contribution < 1.29 is 27.5 Å². The van der Waals surface area contributed by atoms with Crippen molar-refractivity contribution in [3.05, 3.63) is 16.5 Å². The molecule has 1 saturated heterocycles. The van der Waals surface area contributed by atoms with Crippen molar-refractivity contribution in [3.63, 3.8) is 0 Å². The van der Waals surface area contributed by atoms with E-state index in [4.69, 9.17) is 16.3 Å². The molecule has 2 rings (SSSR count). The van der Waals surface area contributed by atoms with Crippen molar-refractivity contribution in [2.75, 3.05) is 46.5 Å². The summed E-state index contributed by atoms with van der Waals surface area (Å²) in [6.07, 6.45) is 0. The number of ether oxygens (including phenoxy) is 2. The first-order valence-electron chi connectivity index (χ1n) is 7.02. The first-order valence-corrected chi connectivity index (χ1v) is 9.66. The number of thiophene rings is 1. The number of methoxy groups -OCH3 is 1. The molecule has 0 spiro atoms. The van der Waals surface area contributed by atoms with Gasteiger partial charge in [-0.3, -0.25) is 4.79 Å². The molecule has 0 bridgehead atoms. The van der Waals surface area contributed by atoms with E-state index in [0.717, 1.165) is 11.3 Å². The van der Waals surface area contributed by atoms with Gasteiger partial charge < -0.3 is 14.4 Å². The van der Waals surface area contributed by atoms with E-state index in [1.165, 1.54) is 28.4 Å². The van der Waals surface area contributed by atoms with Crippen LogP contribution in [0.2, 0.25) is 4.34 Å². The topological polar surface area (TPSA) is 93.2 Å². The Morgan fingerprint density at radius 3 is 2.42 bits per heavy atom. The monoisotopic (exact) mass is 396 g/mol. The molecule has 8 nitrogen and oxygen atoms in total. The fourth-order valence-electron chi connectivity index (χ4n) is 2.13. The minimum absolute atomic E-state index is 0.176. The van der Waals surface area contributed by atoms with Gasteiger partial charge in [-0.05, 0) is 12.1 Å². The molecule has 1 aliphatic rings. The van der Waals surface area contributed by atoms with Crippen LogP contribution in [0, 0.1) is 0 Å². The molecule has 0 unspecified atom stereocenters. The molecule has 1 amide bonds. The lowest BCUT2D eigenvalue weighted by molar-refractivity contribution is -0.155. The molecule has 11 heteroatoms. The molecule has 0 aromatic carbocycles. The normalized spacial score (nSPS) is 16.2. The fraction of sp³-hybridized carbons (Fsp3) is 0.538. The summed E-state index contributed by atoms with van der Waals surface area (Å²) in [4.78, 5) is 24.6. The molecule has 0 N–H and O–H groups in total. The molecule has 0 saturated carbocycles. The Kier molecular flexibility index (Phi) is 6.58. The van der Waals surface area contributed by atoms with Crippen LogP contribution in [0.3, 0.4) is 0 Å². The first-order chi connectivity index (χ1) is 11.3. The fourth-order valence-corrected chi connectivity index (χ4v) is 5.19. The van der Waals surface area contributed by atoms with Gasteiger partial charge in [0.15, 0.2) is 6.61 Å². The second-order valence-electron chi connectivity index (χ2n) is 4.94. The summed E-state index contributed by atoms with van der Waals surface area (Å²) in [6.45, 7) is 0.224. The van der Waals surface area contributed by atoms with E-state index >= 15 is 0 Å². The molecule has 0 aliphatic carbocycles. The summed E-state index contributed by atoms with van der Waals surface area (Å²) in [6, 6.07) is 3.00. The van der Waals surface area contributed by atoms with Crippen molar-refractivity contribution in [1.82, 2.24) is 9.21 Å². The summed E-state index contributed by atoms with van der Waals surface area (Å²) >= 11 is 6.78. The Morgan fingerprint density at radius 1 is 1.21 bits per heavy atom. The second-order valence-corrected chi connectivity index (χ2v) is 8.82.